The molecule has 0 saturated heterocycles. The first-order valence-electron chi connectivity index (χ1n) is 5.71. The normalized spacial score (nSPS) is 10.3. The molecule has 0 radical (unpaired) electrons. The molecular formula is C14H13FN2O2. The molecule has 0 fully saturated rings. The number of halogens is 1. The summed E-state index contributed by atoms with van der Waals surface area (Å²) >= 11 is 0. The van der Waals surface area contributed by atoms with Gasteiger partial charge in [-0.05, 0) is 43.7 Å². The predicted molar refractivity (Wildman–Crippen MR) is 70.4 cm³/mol. The Morgan fingerprint density at radius 1 is 1.26 bits per heavy atom. The number of carbonyl (C=O) groups is 1. The van der Waals surface area contributed by atoms with Crippen molar-refractivity contribution < 1.29 is 14.3 Å². The molecule has 1 heterocycles. The Morgan fingerprint density at radius 3 is 2.63 bits per heavy atom. The molecule has 0 unspecified atom stereocenters. The van der Waals surface area contributed by atoms with Crippen LogP contribution in [0.4, 0.5) is 15.9 Å². The van der Waals surface area contributed by atoms with E-state index in [-0.39, 0.29) is 11.4 Å². The Morgan fingerprint density at radius 2 is 2.00 bits per heavy atom. The van der Waals surface area contributed by atoms with Crippen molar-refractivity contribution in [2.75, 3.05) is 5.32 Å². The van der Waals surface area contributed by atoms with E-state index in [4.69, 9.17) is 5.11 Å². The molecular weight excluding hydrogens is 247 g/mol. The Hall–Kier alpha value is -2.43. The molecule has 0 atom stereocenters. The number of pyridine rings is 1. The third-order valence-electron chi connectivity index (χ3n) is 2.64. The number of hydrogen-bond acceptors (Lipinski definition) is 3. The summed E-state index contributed by atoms with van der Waals surface area (Å²) in [5.74, 6) is -0.972. The summed E-state index contributed by atoms with van der Waals surface area (Å²) in [6, 6.07) is 7.59. The van der Waals surface area contributed by atoms with E-state index >= 15 is 0 Å². The number of anilines is 2. The van der Waals surface area contributed by atoms with Crippen molar-refractivity contribution in [2.24, 2.45) is 0 Å². The van der Waals surface area contributed by atoms with Gasteiger partial charge < -0.3 is 10.4 Å². The molecule has 2 aromatic rings. The van der Waals surface area contributed by atoms with Gasteiger partial charge in [0.15, 0.2) is 0 Å². The van der Waals surface area contributed by atoms with Gasteiger partial charge in [0, 0.05) is 11.4 Å². The van der Waals surface area contributed by atoms with E-state index in [0.717, 1.165) is 0 Å². The maximum atomic E-state index is 13.4. The fraction of sp³-hybridized carbons (Fsp3) is 0.143. The standard InChI is InChI=1S/C14H13FN2O2/c1-8-3-4-11(7-12(8)15)17-13-6-10(14(18)19)5-9(2)16-13/h3-7H,1-2H3,(H,16,17)(H,18,19). The third-order valence-corrected chi connectivity index (χ3v) is 2.64. The molecule has 2 N–H and O–H groups in total. The number of aromatic nitrogens is 1. The Bertz CT molecular complexity index is 641. The van der Waals surface area contributed by atoms with Gasteiger partial charge in [-0.3, -0.25) is 0 Å². The number of aromatic carboxylic acids is 1. The van der Waals surface area contributed by atoms with Crippen LogP contribution >= 0.6 is 0 Å². The van der Waals surface area contributed by atoms with E-state index in [1.54, 1.807) is 26.0 Å². The molecule has 0 aliphatic rings. The van der Waals surface area contributed by atoms with E-state index in [1.807, 2.05) is 0 Å². The summed E-state index contributed by atoms with van der Waals surface area (Å²) < 4.78 is 13.4. The second kappa shape index (κ2) is 5.06. The van der Waals surface area contributed by atoms with Gasteiger partial charge in [0.05, 0.1) is 5.56 Å². The topological polar surface area (TPSA) is 62.2 Å². The van der Waals surface area contributed by atoms with Gasteiger partial charge in [-0.15, -0.1) is 0 Å². The van der Waals surface area contributed by atoms with Crippen LogP contribution in [0, 0.1) is 19.7 Å². The van der Waals surface area contributed by atoms with E-state index in [1.165, 1.54) is 18.2 Å². The summed E-state index contributed by atoms with van der Waals surface area (Å²) in [5.41, 5.74) is 1.80. The van der Waals surface area contributed by atoms with Crippen molar-refractivity contribution in [1.82, 2.24) is 4.98 Å². The molecule has 0 spiro atoms. The summed E-state index contributed by atoms with van der Waals surface area (Å²) in [5, 5.41) is 11.9. The monoisotopic (exact) mass is 260 g/mol. The fourth-order valence-corrected chi connectivity index (χ4v) is 1.67. The van der Waals surface area contributed by atoms with Crippen molar-refractivity contribution >= 4 is 17.5 Å². The fourth-order valence-electron chi connectivity index (χ4n) is 1.67. The first-order chi connectivity index (χ1) is 8.95. The Labute approximate surface area is 109 Å². The summed E-state index contributed by atoms with van der Waals surface area (Å²) in [4.78, 5) is 15.1. The van der Waals surface area contributed by atoms with Crippen molar-refractivity contribution in [3.8, 4) is 0 Å². The number of hydrogen-bond donors (Lipinski definition) is 2. The van der Waals surface area contributed by atoms with Crippen molar-refractivity contribution in [2.45, 2.75) is 13.8 Å². The maximum absolute atomic E-state index is 13.4. The van der Waals surface area contributed by atoms with Crippen LogP contribution in [0.3, 0.4) is 0 Å². The van der Waals surface area contributed by atoms with Crippen LogP contribution in [0.2, 0.25) is 0 Å². The van der Waals surface area contributed by atoms with Gasteiger partial charge in [-0.2, -0.15) is 0 Å². The molecule has 0 aliphatic carbocycles. The van der Waals surface area contributed by atoms with Gasteiger partial charge in [0.1, 0.15) is 11.6 Å². The summed E-state index contributed by atoms with van der Waals surface area (Å²) in [7, 11) is 0. The smallest absolute Gasteiger partial charge is 0.335 e. The predicted octanol–water partition coefficient (Wildman–Crippen LogP) is 3.28. The van der Waals surface area contributed by atoms with E-state index < -0.39 is 5.97 Å². The molecule has 0 aliphatic heterocycles. The van der Waals surface area contributed by atoms with Crippen LogP contribution in [0.1, 0.15) is 21.6 Å². The molecule has 2 rings (SSSR count). The second-order valence-electron chi connectivity index (χ2n) is 4.28. The molecule has 98 valence electrons. The largest absolute Gasteiger partial charge is 0.478 e. The lowest BCUT2D eigenvalue weighted by Crippen LogP contribution is -2.02. The number of carboxylic acid groups (broad SMARTS) is 1. The van der Waals surface area contributed by atoms with Gasteiger partial charge in [0.25, 0.3) is 0 Å². The zero-order chi connectivity index (χ0) is 14.0. The van der Waals surface area contributed by atoms with Gasteiger partial charge in [0.2, 0.25) is 0 Å². The quantitative estimate of drug-likeness (QED) is 0.889. The molecule has 0 saturated carbocycles. The van der Waals surface area contributed by atoms with E-state index in [9.17, 15) is 9.18 Å². The van der Waals surface area contributed by atoms with Crippen LogP contribution < -0.4 is 5.32 Å². The lowest BCUT2D eigenvalue weighted by atomic mass is 10.2. The average molecular weight is 260 g/mol. The SMILES string of the molecule is Cc1cc(C(=O)O)cc(Nc2ccc(C)c(F)c2)n1. The number of carboxylic acids is 1. The zero-order valence-electron chi connectivity index (χ0n) is 10.6. The van der Waals surface area contributed by atoms with Gasteiger partial charge in [-0.25, -0.2) is 14.2 Å². The first-order valence-corrected chi connectivity index (χ1v) is 5.71. The summed E-state index contributed by atoms with van der Waals surface area (Å²) in [6.45, 7) is 3.37. The van der Waals surface area contributed by atoms with Crippen LogP contribution in [-0.4, -0.2) is 16.1 Å². The second-order valence-corrected chi connectivity index (χ2v) is 4.28. The number of rotatable bonds is 3. The number of benzene rings is 1. The highest BCUT2D eigenvalue weighted by Crippen LogP contribution is 2.19. The Kier molecular flexibility index (Phi) is 3.46. The molecule has 0 bridgehead atoms. The maximum Gasteiger partial charge on any atom is 0.335 e. The lowest BCUT2D eigenvalue weighted by molar-refractivity contribution is 0.0696. The van der Waals surface area contributed by atoms with Crippen LogP contribution in [-0.2, 0) is 0 Å². The highest BCUT2D eigenvalue weighted by Gasteiger charge is 2.07. The minimum absolute atomic E-state index is 0.141. The number of nitrogens with one attached hydrogen (secondary N) is 1. The number of aryl methyl sites for hydroxylation is 2. The van der Waals surface area contributed by atoms with Crippen LogP contribution in [0.25, 0.3) is 0 Å². The highest BCUT2D eigenvalue weighted by atomic mass is 19.1. The minimum Gasteiger partial charge on any atom is -0.478 e. The molecule has 19 heavy (non-hydrogen) atoms. The molecule has 0 amide bonds. The third kappa shape index (κ3) is 3.07. The van der Waals surface area contributed by atoms with Crippen LogP contribution in [0.15, 0.2) is 30.3 Å². The van der Waals surface area contributed by atoms with Crippen molar-refractivity contribution in [3.63, 3.8) is 0 Å². The average Bonchev–Trinajstić information content (AvgIpc) is 2.33. The van der Waals surface area contributed by atoms with Crippen molar-refractivity contribution in [3.05, 3.63) is 53.0 Å². The van der Waals surface area contributed by atoms with Crippen LogP contribution in [0.5, 0.6) is 0 Å². The highest BCUT2D eigenvalue weighted by molar-refractivity contribution is 5.88. The molecule has 4 nitrogen and oxygen atoms in total. The molecule has 1 aromatic carbocycles. The molecule has 5 heteroatoms. The van der Waals surface area contributed by atoms with Gasteiger partial charge >= 0.3 is 5.97 Å². The van der Waals surface area contributed by atoms with Gasteiger partial charge in [-0.1, -0.05) is 6.07 Å². The summed E-state index contributed by atoms with van der Waals surface area (Å²) in [6.07, 6.45) is 0. The number of nitrogens with zero attached hydrogens (tertiary/aromatic N) is 1. The van der Waals surface area contributed by atoms with Crippen molar-refractivity contribution in [1.29, 1.82) is 0 Å². The van der Waals surface area contributed by atoms with E-state index in [0.29, 0.717) is 22.8 Å². The Balaban J connectivity index is 2.32. The first kappa shape index (κ1) is 13.0. The lowest BCUT2D eigenvalue weighted by Gasteiger charge is -2.08. The zero-order valence-corrected chi connectivity index (χ0v) is 10.6. The minimum atomic E-state index is -1.02. The molecule has 1 aromatic heterocycles. The van der Waals surface area contributed by atoms with E-state index in [2.05, 4.69) is 10.3 Å².